The van der Waals surface area contributed by atoms with Crippen LogP contribution in [0.15, 0.2) is 36.9 Å². The fourth-order valence-electron chi connectivity index (χ4n) is 3.01. The van der Waals surface area contributed by atoms with Gasteiger partial charge in [0.1, 0.15) is 13.1 Å². The van der Waals surface area contributed by atoms with Crippen molar-refractivity contribution in [2.24, 2.45) is 0 Å². The Hall–Kier alpha value is -0.240. The van der Waals surface area contributed by atoms with Crippen LogP contribution in [0.3, 0.4) is 0 Å². The van der Waals surface area contributed by atoms with Gasteiger partial charge in [0.15, 0.2) is 24.8 Å². The van der Waals surface area contributed by atoms with Gasteiger partial charge in [0.05, 0.1) is 0 Å². The second kappa shape index (κ2) is 11.3. The van der Waals surface area contributed by atoms with Crippen molar-refractivity contribution in [2.75, 3.05) is 0 Å². The van der Waals surface area contributed by atoms with Crippen LogP contribution in [0.25, 0.3) is 0 Å². The maximum Gasteiger partial charge on any atom is 0.171 e. The van der Waals surface area contributed by atoms with Crippen LogP contribution in [0, 0.1) is 27.7 Å². The third-order valence-electron chi connectivity index (χ3n) is 3.72. The summed E-state index contributed by atoms with van der Waals surface area (Å²) in [7, 11) is 0. The van der Waals surface area contributed by atoms with Crippen LogP contribution in [-0.2, 0) is 13.1 Å². The van der Waals surface area contributed by atoms with Gasteiger partial charge in [-0.2, -0.15) is 0 Å². The van der Waals surface area contributed by atoms with Crippen molar-refractivity contribution < 1.29 is 57.1 Å². The van der Waals surface area contributed by atoms with Crippen molar-refractivity contribution in [3.8, 4) is 0 Å². The molecule has 0 N–H and O–H groups in total. The lowest BCUT2D eigenvalue weighted by molar-refractivity contribution is -0.701. The first kappa shape index (κ1) is 22.8. The van der Waals surface area contributed by atoms with Gasteiger partial charge in [0.25, 0.3) is 0 Å². The van der Waals surface area contributed by atoms with Gasteiger partial charge in [-0.15, -0.1) is 0 Å². The van der Waals surface area contributed by atoms with Gasteiger partial charge in [-0.05, 0) is 46.2 Å². The third kappa shape index (κ3) is 8.42. The number of nitrogens with zero attached hydrogens (tertiary/aromatic N) is 2. The molecule has 2 heterocycles. The Bertz CT molecular complexity index is 518. The predicted molar refractivity (Wildman–Crippen MR) is 86.1 cm³/mol. The van der Waals surface area contributed by atoms with E-state index in [2.05, 4.69) is 73.7 Å². The maximum absolute atomic E-state index is 2.33. The van der Waals surface area contributed by atoms with Crippen molar-refractivity contribution in [1.29, 1.82) is 0 Å². The molecular formula is C19H28I2N2. The lowest BCUT2D eigenvalue weighted by atomic mass is 10.2. The van der Waals surface area contributed by atoms with Gasteiger partial charge >= 0.3 is 0 Å². The average Bonchev–Trinajstić information content (AvgIpc) is 2.36. The van der Waals surface area contributed by atoms with Crippen LogP contribution < -0.4 is 57.1 Å². The molecule has 0 radical (unpaired) electrons. The molecule has 0 saturated carbocycles. The zero-order valence-electron chi connectivity index (χ0n) is 14.6. The smallest absolute Gasteiger partial charge is 0.171 e. The number of pyridine rings is 2. The van der Waals surface area contributed by atoms with Crippen LogP contribution in [0.1, 0.15) is 41.5 Å². The zero-order chi connectivity index (χ0) is 15.2. The van der Waals surface area contributed by atoms with E-state index in [0.717, 1.165) is 13.1 Å². The fourth-order valence-corrected chi connectivity index (χ4v) is 3.01. The molecular weight excluding hydrogens is 510 g/mol. The van der Waals surface area contributed by atoms with E-state index in [-0.39, 0.29) is 48.0 Å². The Balaban J connectivity index is 0.00000242. The van der Waals surface area contributed by atoms with E-state index in [1.54, 1.807) is 0 Å². The molecule has 0 amide bonds. The lowest BCUT2D eigenvalue weighted by Gasteiger charge is -2.01. The van der Waals surface area contributed by atoms with Gasteiger partial charge < -0.3 is 48.0 Å². The van der Waals surface area contributed by atoms with E-state index in [4.69, 9.17) is 0 Å². The van der Waals surface area contributed by atoms with Gasteiger partial charge in [-0.3, -0.25) is 0 Å². The molecule has 0 atom stereocenters. The summed E-state index contributed by atoms with van der Waals surface area (Å²) >= 11 is 0. The monoisotopic (exact) mass is 538 g/mol. The number of halogens is 2. The van der Waals surface area contributed by atoms with Crippen LogP contribution in [0.2, 0.25) is 0 Å². The van der Waals surface area contributed by atoms with E-state index >= 15 is 0 Å². The van der Waals surface area contributed by atoms with Gasteiger partial charge in [0.2, 0.25) is 0 Å². The van der Waals surface area contributed by atoms with Crippen LogP contribution >= 0.6 is 0 Å². The summed E-state index contributed by atoms with van der Waals surface area (Å²) in [4.78, 5) is 0. The van der Waals surface area contributed by atoms with Crippen LogP contribution in [0.4, 0.5) is 0 Å². The van der Waals surface area contributed by atoms with Gasteiger partial charge in [-0.25, -0.2) is 9.13 Å². The summed E-state index contributed by atoms with van der Waals surface area (Å²) in [5.41, 5.74) is 5.39. The second-order valence-corrected chi connectivity index (χ2v) is 6.32. The first-order valence-electron chi connectivity index (χ1n) is 7.97. The first-order valence-corrected chi connectivity index (χ1v) is 7.97. The van der Waals surface area contributed by atoms with Crippen molar-refractivity contribution >= 4 is 0 Å². The van der Waals surface area contributed by atoms with E-state index in [9.17, 15) is 0 Å². The highest BCUT2D eigenvalue weighted by atomic mass is 127. The maximum atomic E-state index is 2.33. The molecule has 0 aliphatic rings. The van der Waals surface area contributed by atoms with Crippen molar-refractivity contribution in [1.82, 2.24) is 0 Å². The molecule has 128 valence electrons. The highest BCUT2D eigenvalue weighted by molar-refractivity contribution is 5.11. The standard InChI is InChI=1S/C19H28N2.2HI/c1-16-10-17(2)13-20(12-16)8-6-5-7-9-21-14-18(3)11-19(4)15-21;;/h10-15H,5-9H2,1-4H3;2*1H/q+2;;/p-2. The molecule has 0 aliphatic heterocycles. The largest absolute Gasteiger partial charge is 1.00 e. The average molecular weight is 538 g/mol. The second-order valence-electron chi connectivity index (χ2n) is 6.32. The minimum Gasteiger partial charge on any atom is -1.00 e. The Labute approximate surface area is 175 Å². The fraction of sp³-hybridized carbons (Fsp3) is 0.474. The molecule has 0 saturated heterocycles. The quantitative estimate of drug-likeness (QED) is 0.216. The summed E-state index contributed by atoms with van der Waals surface area (Å²) in [5, 5.41) is 0. The Morgan fingerprint density at radius 3 is 1.17 bits per heavy atom. The number of hydrogen-bond donors (Lipinski definition) is 0. The minimum absolute atomic E-state index is 0. The number of hydrogen-bond acceptors (Lipinski definition) is 0. The van der Waals surface area contributed by atoms with Gasteiger partial charge in [-0.1, -0.05) is 0 Å². The lowest BCUT2D eigenvalue weighted by Crippen LogP contribution is -3.00. The molecule has 0 unspecified atom stereocenters. The Morgan fingerprint density at radius 2 is 0.870 bits per heavy atom. The summed E-state index contributed by atoms with van der Waals surface area (Å²) in [5.74, 6) is 0. The van der Waals surface area contributed by atoms with E-state index in [0.29, 0.717) is 0 Å². The van der Waals surface area contributed by atoms with Crippen LogP contribution in [-0.4, -0.2) is 0 Å². The molecule has 4 heteroatoms. The zero-order valence-corrected chi connectivity index (χ0v) is 19.0. The molecule has 2 aromatic rings. The molecule has 0 bridgehead atoms. The minimum atomic E-state index is 0. The van der Waals surface area contributed by atoms with Crippen molar-refractivity contribution in [3.05, 3.63) is 59.2 Å². The first-order chi connectivity index (χ1) is 10.0. The topological polar surface area (TPSA) is 7.76 Å². The molecule has 2 rings (SSSR count). The highest BCUT2D eigenvalue weighted by Crippen LogP contribution is 2.01. The highest BCUT2D eigenvalue weighted by Gasteiger charge is 2.05. The molecule has 0 aromatic carbocycles. The normalized spacial score (nSPS) is 9.91. The number of aromatic nitrogens is 2. The van der Waals surface area contributed by atoms with Crippen molar-refractivity contribution in [2.45, 2.75) is 60.0 Å². The number of rotatable bonds is 6. The summed E-state index contributed by atoms with van der Waals surface area (Å²) < 4.78 is 4.66. The van der Waals surface area contributed by atoms with Crippen molar-refractivity contribution in [3.63, 3.8) is 0 Å². The number of unbranched alkanes of at least 4 members (excludes halogenated alkanes) is 2. The molecule has 23 heavy (non-hydrogen) atoms. The SMILES string of the molecule is Cc1cc(C)c[n+](CCCCC[n+]2cc(C)cc(C)c2)c1.[I-].[I-]. The van der Waals surface area contributed by atoms with E-state index < -0.39 is 0 Å². The number of aryl methyl sites for hydroxylation is 6. The molecule has 2 nitrogen and oxygen atoms in total. The molecule has 2 aromatic heterocycles. The Kier molecular flexibility index (Phi) is 11.2. The van der Waals surface area contributed by atoms with Gasteiger partial charge in [0, 0.05) is 35.1 Å². The molecule has 0 fully saturated rings. The molecule has 0 spiro atoms. The van der Waals surface area contributed by atoms with E-state index in [1.807, 2.05) is 0 Å². The predicted octanol–water partition coefficient (Wildman–Crippen LogP) is -2.63. The van der Waals surface area contributed by atoms with E-state index in [1.165, 1.54) is 41.5 Å². The summed E-state index contributed by atoms with van der Waals surface area (Å²) in [6, 6.07) is 4.46. The summed E-state index contributed by atoms with van der Waals surface area (Å²) in [6.07, 6.45) is 12.7. The Morgan fingerprint density at radius 1 is 0.565 bits per heavy atom. The molecule has 0 aliphatic carbocycles. The van der Waals surface area contributed by atoms with Crippen LogP contribution in [0.5, 0.6) is 0 Å². The summed E-state index contributed by atoms with van der Waals surface area (Å²) in [6.45, 7) is 10.9. The third-order valence-corrected chi connectivity index (χ3v) is 3.72.